The molecule has 1 N–H and O–H groups in total. The smallest absolute Gasteiger partial charge is 0.265 e. The SMILES string of the molecule is CC(Oc1ccc(C(C)(C)C)cc1)C(=O)Nc1cccc(C(=O)N(C)C)c1. The first-order valence-corrected chi connectivity index (χ1v) is 8.97. The molecule has 0 aliphatic rings. The zero-order chi connectivity index (χ0) is 20.2. The molecule has 0 saturated carbocycles. The first kappa shape index (κ1) is 20.5. The monoisotopic (exact) mass is 368 g/mol. The second kappa shape index (κ2) is 8.25. The standard InChI is InChI=1S/C22H28N2O3/c1-15(27-19-12-10-17(11-13-19)22(2,3)4)20(25)23-18-9-7-8-16(14-18)21(26)24(5)6/h7-15H,1-6H3,(H,23,25). The number of nitrogens with zero attached hydrogens (tertiary/aromatic N) is 1. The van der Waals surface area contributed by atoms with Crippen molar-refractivity contribution >= 4 is 17.5 Å². The van der Waals surface area contributed by atoms with Crippen molar-refractivity contribution in [3.8, 4) is 5.75 Å². The van der Waals surface area contributed by atoms with E-state index in [9.17, 15) is 9.59 Å². The highest BCUT2D eigenvalue weighted by Gasteiger charge is 2.17. The molecule has 2 aromatic rings. The van der Waals surface area contributed by atoms with Crippen molar-refractivity contribution in [3.63, 3.8) is 0 Å². The van der Waals surface area contributed by atoms with Crippen LogP contribution in [0.25, 0.3) is 0 Å². The lowest BCUT2D eigenvalue weighted by Gasteiger charge is -2.20. The summed E-state index contributed by atoms with van der Waals surface area (Å²) in [6.07, 6.45) is -0.668. The number of rotatable bonds is 5. The predicted octanol–water partition coefficient (Wildman–Crippen LogP) is 4.09. The molecule has 0 aliphatic carbocycles. The molecular formula is C22H28N2O3. The van der Waals surface area contributed by atoms with Gasteiger partial charge in [-0.3, -0.25) is 9.59 Å². The Morgan fingerprint density at radius 1 is 1.04 bits per heavy atom. The fourth-order valence-corrected chi connectivity index (χ4v) is 2.52. The minimum Gasteiger partial charge on any atom is -0.481 e. The fourth-order valence-electron chi connectivity index (χ4n) is 2.52. The first-order valence-electron chi connectivity index (χ1n) is 8.97. The zero-order valence-corrected chi connectivity index (χ0v) is 16.9. The van der Waals surface area contributed by atoms with Gasteiger partial charge in [-0.05, 0) is 48.2 Å². The molecule has 0 saturated heterocycles. The van der Waals surface area contributed by atoms with Gasteiger partial charge < -0.3 is 15.0 Å². The number of ether oxygens (including phenoxy) is 1. The highest BCUT2D eigenvalue weighted by Crippen LogP contribution is 2.24. The second-order valence-corrected chi connectivity index (χ2v) is 7.80. The first-order chi connectivity index (χ1) is 12.6. The lowest BCUT2D eigenvalue weighted by molar-refractivity contribution is -0.122. The van der Waals surface area contributed by atoms with E-state index in [1.165, 1.54) is 10.5 Å². The summed E-state index contributed by atoms with van der Waals surface area (Å²) in [6, 6.07) is 14.6. The molecule has 0 fully saturated rings. The average molecular weight is 368 g/mol. The van der Waals surface area contributed by atoms with Gasteiger partial charge in [0.1, 0.15) is 5.75 Å². The topological polar surface area (TPSA) is 58.6 Å². The summed E-state index contributed by atoms with van der Waals surface area (Å²) >= 11 is 0. The number of hydrogen-bond donors (Lipinski definition) is 1. The summed E-state index contributed by atoms with van der Waals surface area (Å²) in [6.45, 7) is 8.14. The molecule has 0 bridgehead atoms. The quantitative estimate of drug-likeness (QED) is 0.865. The normalized spacial score (nSPS) is 12.2. The summed E-state index contributed by atoms with van der Waals surface area (Å²) in [5.74, 6) is 0.251. The van der Waals surface area contributed by atoms with Crippen LogP contribution in [0.1, 0.15) is 43.6 Å². The molecule has 5 nitrogen and oxygen atoms in total. The van der Waals surface area contributed by atoms with Gasteiger partial charge in [0.05, 0.1) is 0 Å². The Hall–Kier alpha value is -2.82. The molecule has 2 aromatic carbocycles. The van der Waals surface area contributed by atoms with Crippen LogP contribution in [0.2, 0.25) is 0 Å². The van der Waals surface area contributed by atoms with Gasteiger partial charge in [0.25, 0.3) is 11.8 Å². The molecule has 0 spiro atoms. The molecule has 0 radical (unpaired) electrons. The lowest BCUT2D eigenvalue weighted by Crippen LogP contribution is -2.30. The highest BCUT2D eigenvalue weighted by molar-refractivity contribution is 5.98. The van der Waals surface area contributed by atoms with Crippen molar-refractivity contribution in [2.45, 2.75) is 39.2 Å². The van der Waals surface area contributed by atoms with Crippen LogP contribution >= 0.6 is 0 Å². The van der Waals surface area contributed by atoms with E-state index in [1.807, 2.05) is 24.3 Å². The number of anilines is 1. The van der Waals surface area contributed by atoms with E-state index >= 15 is 0 Å². The predicted molar refractivity (Wildman–Crippen MR) is 108 cm³/mol. The Morgan fingerprint density at radius 2 is 1.67 bits per heavy atom. The molecule has 2 amide bonds. The van der Waals surface area contributed by atoms with Crippen LogP contribution in [0, 0.1) is 0 Å². The van der Waals surface area contributed by atoms with Crippen molar-refractivity contribution in [2.75, 3.05) is 19.4 Å². The summed E-state index contributed by atoms with van der Waals surface area (Å²) in [7, 11) is 3.38. The molecule has 0 aromatic heterocycles. The third-order valence-electron chi connectivity index (χ3n) is 4.19. The Kier molecular flexibility index (Phi) is 6.26. The number of benzene rings is 2. The van der Waals surface area contributed by atoms with Crippen molar-refractivity contribution in [1.82, 2.24) is 4.90 Å². The van der Waals surface area contributed by atoms with Crippen LogP contribution in [0.4, 0.5) is 5.69 Å². The number of carbonyl (C=O) groups excluding carboxylic acids is 2. The van der Waals surface area contributed by atoms with E-state index in [4.69, 9.17) is 4.74 Å². The van der Waals surface area contributed by atoms with Gasteiger partial charge in [-0.2, -0.15) is 0 Å². The van der Waals surface area contributed by atoms with Gasteiger partial charge in [0.2, 0.25) is 0 Å². The average Bonchev–Trinajstić information content (AvgIpc) is 2.60. The number of amides is 2. The molecule has 1 unspecified atom stereocenters. The molecule has 0 heterocycles. The van der Waals surface area contributed by atoms with E-state index < -0.39 is 6.10 Å². The van der Waals surface area contributed by atoms with E-state index in [0.29, 0.717) is 17.0 Å². The van der Waals surface area contributed by atoms with E-state index in [1.54, 1.807) is 45.3 Å². The Labute approximate surface area is 161 Å². The van der Waals surface area contributed by atoms with Crippen molar-refractivity contribution < 1.29 is 14.3 Å². The van der Waals surface area contributed by atoms with Crippen LogP contribution in [-0.4, -0.2) is 36.9 Å². The molecule has 5 heteroatoms. The summed E-state index contributed by atoms with van der Waals surface area (Å²) in [4.78, 5) is 26.0. The van der Waals surface area contributed by atoms with Crippen LogP contribution < -0.4 is 10.1 Å². The molecule has 2 rings (SSSR count). The minimum atomic E-state index is -0.668. The van der Waals surface area contributed by atoms with E-state index in [0.717, 1.165) is 0 Å². The van der Waals surface area contributed by atoms with Gasteiger partial charge in [-0.15, -0.1) is 0 Å². The molecule has 1 atom stereocenters. The van der Waals surface area contributed by atoms with Gasteiger partial charge in [0, 0.05) is 25.3 Å². The van der Waals surface area contributed by atoms with Crippen LogP contribution in [0.3, 0.4) is 0 Å². The third kappa shape index (κ3) is 5.58. The fraction of sp³-hybridized carbons (Fsp3) is 0.364. The largest absolute Gasteiger partial charge is 0.481 e. The lowest BCUT2D eigenvalue weighted by atomic mass is 9.87. The summed E-state index contributed by atoms with van der Waals surface area (Å²) in [5, 5.41) is 2.80. The zero-order valence-electron chi connectivity index (χ0n) is 16.9. The van der Waals surface area contributed by atoms with Crippen molar-refractivity contribution in [3.05, 3.63) is 59.7 Å². The maximum Gasteiger partial charge on any atom is 0.265 e. The van der Waals surface area contributed by atoms with Crippen LogP contribution in [0.15, 0.2) is 48.5 Å². The van der Waals surface area contributed by atoms with Crippen molar-refractivity contribution in [2.24, 2.45) is 0 Å². The van der Waals surface area contributed by atoms with Gasteiger partial charge in [0.15, 0.2) is 6.10 Å². The second-order valence-electron chi connectivity index (χ2n) is 7.80. The van der Waals surface area contributed by atoms with Gasteiger partial charge in [-0.1, -0.05) is 39.0 Å². The number of hydrogen-bond acceptors (Lipinski definition) is 3. The Bertz CT molecular complexity index is 805. The summed E-state index contributed by atoms with van der Waals surface area (Å²) in [5.41, 5.74) is 2.35. The molecule has 27 heavy (non-hydrogen) atoms. The molecule has 0 aliphatic heterocycles. The van der Waals surface area contributed by atoms with Crippen LogP contribution in [-0.2, 0) is 10.2 Å². The van der Waals surface area contributed by atoms with E-state index in [2.05, 4.69) is 26.1 Å². The maximum atomic E-state index is 12.4. The van der Waals surface area contributed by atoms with Crippen molar-refractivity contribution in [1.29, 1.82) is 0 Å². The number of nitrogens with one attached hydrogen (secondary N) is 1. The van der Waals surface area contributed by atoms with E-state index in [-0.39, 0.29) is 17.2 Å². The number of carbonyl (C=O) groups is 2. The summed E-state index contributed by atoms with van der Waals surface area (Å²) < 4.78 is 5.74. The van der Waals surface area contributed by atoms with Crippen LogP contribution in [0.5, 0.6) is 5.75 Å². The minimum absolute atomic E-state index is 0.0660. The van der Waals surface area contributed by atoms with Gasteiger partial charge >= 0.3 is 0 Å². The van der Waals surface area contributed by atoms with Gasteiger partial charge in [-0.25, -0.2) is 0 Å². The molecular weight excluding hydrogens is 340 g/mol. The maximum absolute atomic E-state index is 12.4. The Balaban J connectivity index is 2.02. The Morgan fingerprint density at radius 3 is 2.22 bits per heavy atom. The highest BCUT2D eigenvalue weighted by atomic mass is 16.5. The third-order valence-corrected chi connectivity index (χ3v) is 4.19. The molecule has 144 valence electrons.